The molecule has 0 saturated heterocycles. The third-order valence-electron chi connectivity index (χ3n) is 4.17. The van der Waals surface area contributed by atoms with Crippen molar-refractivity contribution >= 4 is 17.2 Å². The first kappa shape index (κ1) is 16.4. The number of H-pyrrole nitrogens is 1. The summed E-state index contributed by atoms with van der Waals surface area (Å²) in [6.07, 6.45) is 1.59. The molecule has 0 bridgehead atoms. The number of hydrogen-bond donors (Lipinski definition) is 1. The molecule has 3 aromatic rings. The van der Waals surface area contributed by atoms with E-state index >= 15 is 0 Å². The van der Waals surface area contributed by atoms with Crippen LogP contribution in [0.5, 0.6) is 0 Å². The molecule has 0 fully saturated rings. The van der Waals surface area contributed by atoms with E-state index in [1.807, 2.05) is 58.2 Å². The molecule has 1 atom stereocenters. The minimum absolute atomic E-state index is 0.0693. The molecule has 2 heterocycles. The molecule has 0 aliphatic rings. The van der Waals surface area contributed by atoms with Crippen molar-refractivity contribution in [1.29, 1.82) is 0 Å². The van der Waals surface area contributed by atoms with E-state index in [1.54, 1.807) is 22.4 Å². The summed E-state index contributed by atoms with van der Waals surface area (Å²) in [7, 11) is 1.81. The van der Waals surface area contributed by atoms with Crippen LogP contribution in [0.3, 0.4) is 0 Å². The van der Waals surface area contributed by atoms with Gasteiger partial charge in [0.1, 0.15) is 0 Å². The largest absolute Gasteiger partial charge is 0.333 e. The smallest absolute Gasteiger partial charge is 0.257 e. The highest BCUT2D eigenvalue weighted by Crippen LogP contribution is 2.28. The normalized spacial score (nSPS) is 12.2. The zero-order valence-electron chi connectivity index (χ0n) is 14.2. The summed E-state index contributed by atoms with van der Waals surface area (Å²) < 4.78 is 0. The van der Waals surface area contributed by atoms with E-state index in [9.17, 15) is 4.79 Å². The average molecular weight is 340 g/mol. The van der Waals surface area contributed by atoms with Crippen LogP contribution in [0, 0.1) is 13.8 Å². The second-order valence-electron chi connectivity index (χ2n) is 5.79. The lowest BCUT2D eigenvalue weighted by Gasteiger charge is -2.24. The first-order valence-electron chi connectivity index (χ1n) is 7.79. The number of carbonyl (C=O) groups is 1. The number of nitrogens with one attached hydrogen (secondary N) is 1. The van der Waals surface area contributed by atoms with Crippen molar-refractivity contribution in [2.45, 2.75) is 26.8 Å². The van der Waals surface area contributed by atoms with E-state index < -0.39 is 0 Å². The van der Waals surface area contributed by atoms with Crippen molar-refractivity contribution in [3.8, 4) is 11.3 Å². The molecule has 6 heteroatoms. The van der Waals surface area contributed by atoms with Gasteiger partial charge in [0.25, 0.3) is 5.91 Å². The fraction of sp³-hybridized carbons (Fsp3) is 0.278. The van der Waals surface area contributed by atoms with Gasteiger partial charge in [-0.25, -0.2) is 4.98 Å². The lowest BCUT2D eigenvalue weighted by molar-refractivity contribution is 0.0740. The number of rotatable bonds is 4. The number of carbonyl (C=O) groups excluding carboxylic acids is 1. The summed E-state index contributed by atoms with van der Waals surface area (Å²) in [5.74, 6) is -0.0693. The number of amides is 1. The molecule has 1 aromatic carbocycles. The van der Waals surface area contributed by atoms with Crippen molar-refractivity contribution in [3.63, 3.8) is 0 Å². The highest BCUT2D eigenvalue weighted by Gasteiger charge is 2.25. The van der Waals surface area contributed by atoms with Gasteiger partial charge in [0.2, 0.25) is 0 Å². The maximum absolute atomic E-state index is 13.0. The van der Waals surface area contributed by atoms with Crippen molar-refractivity contribution in [1.82, 2.24) is 20.1 Å². The second kappa shape index (κ2) is 6.57. The Kier molecular flexibility index (Phi) is 4.49. The molecule has 0 spiro atoms. The molecule has 2 aromatic heterocycles. The van der Waals surface area contributed by atoms with Crippen LogP contribution in [0.2, 0.25) is 0 Å². The Morgan fingerprint density at radius 1 is 1.25 bits per heavy atom. The quantitative estimate of drug-likeness (QED) is 0.781. The zero-order chi connectivity index (χ0) is 17.3. The molecular weight excluding hydrogens is 320 g/mol. The molecule has 1 unspecified atom stereocenters. The van der Waals surface area contributed by atoms with Crippen LogP contribution in [0.1, 0.15) is 38.9 Å². The number of aromatic amines is 1. The molecule has 3 rings (SSSR count). The first-order valence-corrected chi connectivity index (χ1v) is 8.60. The third kappa shape index (κ3) is 2.97. The second-order valence-corrected chi connectivity index (χ2v) is 7.20. The van der Waals surface area contributed by atoms with Gasteiger partial charge in [-0.3, -0.25) is 9.89 Å². The summed E-state index contributed by atoms with van der Waals surface area (Å²) in [6.45, 7) is 6.03. The molecule has 0 aliphatic heterocycles. The van der Waals surface area contributed by atoms with Gasteiger partial charge in [-0.1, -0.05) is 30.3 Å². The van der Waals surface area contributed by atoms with E-state index in [4.69, 9.17) is 0 Å². The predicted octanol–water partition coefficient (Wildman–Crippen LogP) is 3.98. The van der Waals surface area contributed by atoms with Crippen molar-refractivity contribution < 1.29 is 4.79 Å². The Balaban J connectivity index is 1.90. The average Bonchev–Trinajstić information content (AvgIpc) is 3.20. The fourth-order valence-electron chi connectivity index (χ4n) is 2.76. The summed E-state index contributed by atoms with van der Waals surface area (Å²) in [5.41, 5.74) is 3.21. The topological polar surface area (TPSA) is 61.9 Å². The molecule has 24 heavy (non-hydrogen) atoms. The van der Waals surface area contributed by atoms with Gasteiger partial charge in [0.05, 0.1) is 34.2 Å². The molecule has 1 amide bonds. The maximum atomic E-state index is 13.0. The first-order chi connectivity index (χ1) is 11.5. The van der Waals surface area contributed by atoms with Gasteiger partial charge >= 0.3 is 0 Å². The van der Waals surface area contributed by atoms with E-state index in [0.717, 1.165) is 26.8 Å². The van der Waals surface area contributed by atoms with E-state index in [-0.39, 0.29) is 11.9 Å². The molecule has 0 radical (unpaired) electrons. The molecule has 1 N–H and O–H groups in total. The molecule has 124 valence electrons. The predicted molar refractivity (Wildman–Crippen MR) is 96.1 cm³/mol. The standard InChI is InChI=1S/C18H20N4OS/c1-11(16-12(2)24-13(3)20-16)22(4)18(23)15-10-19-21-17(15)14-8-6-5-7-9-14/h5-11H,1-4H3,(H,19,21). The van der Waals surface area contributed by atoms with E-state index in [2.05, 4.69) is 15.2 Å². The SMILES string of the molecule is Cc1nc(C(C)N(C)C(=O)c2cn[nH]c2-c2ccccc2)c(C)s1. The van der Waals surface area contributed by atoms with Crippen molar-refractivity contribution in [2.75, 3.05) is 7.05 Å². The summed E-state index contributed by atoms with van der Waals surface area (Å²) >= 11 is 1.66. The van der Waals surface area contributed by atoms with Gasteiger partial charge in [0.15, 0.2) is 0 Å². The van der Waals surface area contributed by atoms with Crippen LogP contribution in [-0.2, 0) is 0 Å². The van der Waals surface area contributed by atoms with Gasteiger partial charge in [0, 0.05) is 17.5 Å². The Morgan fingerprint density at radius 2 is 1.96 bits per heavy atom. The van der Waals surface area contributed by atoms with Crippen LogP contribution >= 0.6 is 11.3 Å². The van der Waals surface area contributed by atoms with E-state index in [1.165, 1.54) is 0 Å². The van der Waals surface area contributed by atoms with Gasteiger partial charge in [-0.05, 0) is 20.8 Å². The Morgan fingerprint density at radius 3 is 2.58 bits per heavy atom. The van der Waals surface area contributed by atoms with Crippen molar-refractivity contribution in [2.24, 2.45) is 0 Å². The number of benzene rings is 1. The Hall–Kier alpha value is -2.47. The van der Waals surface area contributed by atoms with E-state index in [0.29, 0.717) is 5.56 Å². The number of thiazole rings is 1. The minimum Gasteiger partial charge on any atom is -0.333 e. The van der Waals surface area contributed by atoms with Crippen LogP contribution < -0.4 is 0 Å². The monoisotopic (exact) mass is 340 g/mol. The number of aromatic nitrogens is 3. The molecular formula is C18H20N4OS. The summed E-state index contributed by atoms with van der Waals surface area (Å²) in [4.78, 5) is 20.4. The van der Waals surface area contributed by atoms with Gasteiger partial charge in [-0.2, -0.15) is 5.10 Å². The van der Waals surface area contributed by atoms with Crippen LogP contribution in [0.4, 0.5) is 0 Å². The van der Waals surface area contributed by atoms with Crippen LogP contribution in [0.25, 0.3) is 11.3 Å². The van der Waals surface area contributed by atoms with Crippen molar-refractivity contribution in [3.05, 3.63) is 57.7 Å². The fourth-order valence-corrected chi connectivity index (χ4v) is 3.66. The number of nitrogens with zero attached hydrogens (tertiary/aromatic N) is 3. The maximum Gasteiger partial charge on any atom is 0.257 e. The molecule has 0 aliphatic carbocycles. The van der Waals surface area contributed by atoms with Crippen LogP contribution in [0.15, 0.2) is 36.5 Å². The Bertz CT molecular complexity index is 853. The lowest BCUT2D eigenvalue weighted by atomic mass is 10.1. The van der Waals surface area contributed by atoms with Gasteiger partial charge in [-0.15, -0.1) is 11.3 Å². The molecule has 0 saturated carbocycles. The lowest BCUT2D eigenvalue weighted by Crippen LogP contribution is -2.30. The third-order valence-corrected chi connectivity index (χ3v) is 5.07. The minimum atomic E-state index is -0.0963. The highest BCUT2D eigenvalue weighted by atomic mass is 32.1. The Labute approximate surface area is 145 Å². The summed E-state index contributed by atoms with van der Waals surface area (Å²) in [6, 6.07) is 9.66. The summed E-state index contributed by atoms with van der Waals surface area (Å²) in [5, 5.41) is 8.03. The molecule has 5 nitrogen and oxygen atoms in total. The van der Waals surface area contributed by atoms with Crippen LogP contribution in [-0.4, -0.2) is 33.0 Å². The highest BCUT2D eigenvalue weighted by molar-refractivity contribution is 7.11. The number of hydrogen-bond acceptors (Lipinski definition) is 4. The van der Waals surface area contributed by atoms with Gasteiger partial charge < -0.3 is 4.90 Å². The number of aryl methyl sites for hydroxylation is 2. The zero-order valence-corrected chi connectivity index (χ0v) is 15.0.